The van der Waals surface area contributed by atoms with E-state index in [1.807, 2.05) is 37.3 Å². The molecule has 1 aromatic carbocycles. The molecule has 1 aromatic rings. The van der Waals surface area contributed by atoms with E-state index in [4.69, 9.17) is 4.74 Å². The summed E-state index contributed by atoms with van der Waals surface area (Å²) in [5.41, 5.74) is 1.13. The van der Waals surface area contributed by atoms with Crippen LogP contribution in [-0.2, 0) is 11.3 Å². The van der Waals surface area contributed by atoms with Crippen LogP contribution in [-0.4, -0.2) is 12.8 Å². The molecule has 0 heterocycles. The van der Waals surface area contributed by atoms with E-state index in [0.717, 1.165) is 5.56 Å². The molecule has 1 unspecified atom stereocenters. The predicted octanol–water partition coefficient (Wildman–Crippen LogP) is 2.95. The monoisotopic (exact) mass is 182 g/mol. The van der Waals surface area contributed by atoms with Gasteiger partial charge in [0.1, 0.15) is 0 Å². The lowest BCUT2D eigenvalue weighted by Gasteiger charge is -2.10. The normalized spacial score (nSPS) is 12.8. The molecule has 0 saturated heterocycles. The van der Waals surface area contributed by atoms with Crippen molar-refractivity contribution >= 4 is 0 Å². The molecule has 13 heavy (non-hydrogen) atoms. The summed E-state index contributed by atoms with van der Waals surface area (Å²) in [5.74, 6) is 0. The van der Waals surface area contributed by atoms with E-state index in [1.165, 1.54) is 0 Å². The second kappa shape index (κ2) is 5.70. The van der Waals surface area contributed by atoms with Gasteiger partial charge in [-0.1, -0.05) is 30.3 Å². The summed E-state index contributed by atoms with van der Waals surface area (Å²) in [4.78, 5) is 0. The van der Waals surface area contributed by atoms with Gasteiger partial charge in [-0.25, -0.2) is 0 Å². The molecule has 0 bridgehead atoms. The van der Waals surface area contributed by atoms with Crippen molar-refractivity contribution in [1.82, 2.24) is 0 Å². The van der Waals surface area contributed by atoms with Crippen LogP contribution in [0.3, 0.4) is 0 Å². The van der Waals surface area contributed by atoms with Crippen LogP contribution >= 0.6 is 0 Å². The highest BCUT2D eigenvalue weighted by Gasteiger charge is 2.01. The molecule has 0 spiro atoms. The van der Waals surface area contributed by atoms with Gasteiger partial charge in [-0.2, -0.15) is 0 Å². The molecule has 0 aromatic heterocycles. The van der Waals surface area contributed by atoms with E-state index < -0.39 is 0 Å². The molecule has 0 saturated carbocycles. The Hall–Kier alpha value is -0.890. The Morgan fingerprint density at radius 2 is 2.00 bits per heavy atom. The van der Waals surface area contributed by atoms with Crippen LogP contribution in [0.25, 0.3) is 0 Å². The van der Waals surface area contributed by atoms with Crippen LogP contribution in [0, 0.1) is 0 Å². The molecule has 0 fully saturated rings. The van der Waals surface area contributed by atoms with Gasteiger partial charge in [0.25, 0.3) is 0 Å². The van der Waals surface area contributed by atoms with Crippen LogP contribution < -0.4 is 0 Å². The maximum Gasteiger partial charge on any atom is 0.0919 e. The molecule has 0 aliphatic heterocycles. The van der Waals surface area contributed by atoms with Gasteiger partial charge >= 0.3 is 0 Å². The fraction of sp³-hybridized carbons (Fsp3) is 0.455. The Bertz CT molecular complexity index is 223. The molecule has 0 radical (unpaired) electrons. The van der Waals surface area contributed by atoms with E-state index in [-0.39, 0.29) is 12.8 Å². The van der Waals surface area contributed by atoms with Crippen LogP contribution in [0.4, 0.5) is 4.39 Å². The minimum absolute atomic E-state index is 0.00482. The highest BCUT2D eigenvalue weighted by molar-refractivity contribution is 5.13. The maximum absolute atomic E-state index is 11.9. The Morgan fingerprint density at radius 1 is 1.31 bits per heavy atom. The number of rotatable bonds is 5. The van der Waals surface area contributed by atoms with Gasteiger partial charge in [-0.3, -0.25) is 4.39 Å². The van der Waals surface area contributed by atoms with Gasteiger partial charge in [-0.05, 0) is 12.5 Å². The first kappa shape index (κ1) is 10.2. The van der Waals surface area contributed by atoms with Gasteiger partial charge in [0.2, 0.25) is 0 Å². The van der Waals surface area contributed by atoms with Crippen molar-refractivity contribution in [2.75, 3.05) is 6.67 Å². The molecule has 2 heteroatoms. The molecular formula is C11H15FO. The van der Waals surface area contributed by atoms with Crippen molar-refractivity contribution in [2.24, 2.45) is 0 Å². The molecule has 0 aliphatic rings. The zero-order valence-electron chi connectivity index (χ0n) is 7.87. The first-order valence-electron chi connectivity index (χ1n) is 4.54. The average molecular weight is 182 g/mol. The Balaban J connectivity index is 2.27. The smallest absolute Gasteiger partial charge is 0.0919 e. The second-order valence-corrected chi connectivity index (χ2v) is 3.08. The van der Waals surface area contributed by atoms with Crippen molar-refractivity contribution < 1.29 is 9.13 Å². The summed E-state index contributed by atoms with van der Waals surface area (Å²) in [5, 5.41) is 0. The van der Waals surface area contributed by atoms with Crippen LogP contribution in [0.5, 0.6) is 0 Å². The van der Waals surface area contributed by atoms with E-state index in [9.17, 15) is 4.39 Å². The Kier molecular flexibility index (Phi) is 4.47. The molecule has 0 amide bonds. The van der Waals surface area contributed by atoms with Gasteiger partial charge in [0.15, 0.2) is 0 Å². The molecule has 0 N–H and O–H groups in total. The lowest BCUT2D eigenvalue weighted by Crippen LogP contribution is -2.08. The summed E-state index contributed by atoms with van der Waals surface area (Å²) < 4.78 is 17.3. The minimum Gasteiger partial charge on any atom is -0.374 e. The fourth-order valence-corrected chi connectivity index (χ4v) is 1.05. The minimum atomic E-state index is -0.310. The van der Waals surface area contributed by atoms with E-state index >= 15 is 0 Å². The summed E-state index contributed by atoms with van der Waals surface area (Å²) in [6, 6.07) is 9.91. The average Bonchev–Trinajstić information content (AvgIpc) is 2.17. The number of halogens is 1. The van der Waals surface area contributed by atoms with Gasteiger partial charge in [-0.15, -0.1) is 0 Å². The summed E-state index contributed by atoms with van der Waals surface area (Å²) in [6.45, 7) is 2.15. The van der Waals surface area contributed by atoms with Crippen LogP contribution in [0.2, 0.25) is 0 Å². The molecular weight excluding hydrogens is 167 g/mol. The third-order valence-electron chi connectivity index (χ3n) is 1.89. The molecule has 1 nitrogen and oxygen atoms in total. The van der Waals surface area contributed by atoms with Gasteiger partial charge < -0.3 is 4.74 Å². The first-order chi connectivity index (χ1) is 6.33. The van der Waals surface area contributed by atoms with Crippen molar-refractivity contribution in [3.8, 4) is 0 Å². The summed E-state index contributed by atoms with van der Waals surface area (Å²) in [6.07, 6.45) is 0.484. The lowest BCUT2D eigenvalue weighted by atomic mass is 10.2. The van der Waals surface area contributed by atoms with Crippen LogP contribution in [0.15, 0.2) is 30.3 Å². The molecule has 1 rings (SSSR count). The van der Waals surface area contributed by atoms with Crippen LogP contribution in [0.1, 0.15) is 18.9 Å². The van der Waals surface area contributed by atoms with Crippen molar-refractivity contribution in [3.05, 3.63) is 35.9 Å². The fourth-order valence-electron chi connectivity index (χ4n) is 1.05. The van der Waals surface area contributed by atoms with Gasteiger partial charge in [0.05, 0.1) is 19.4 Å². The van der Waals surface area contributed by atoms with Crippen molar-refractivity contribution in [1.29, 1.82) is 0 Å². The highest BCUT2D eigenvalue weighted by atomic mass is 19.1. The molecule has 72 valence electrons. The number of alkyl halides is 1. The van der Waals surface area contributed by atoms with Crippen molar-refractivity contribution in [2.45, 2.75) is 26.1 Å². The number of benzene rings is 1. The predicted molar refractivity (Wildman–Crippen MR) is 51.3 cm³/mol. The van der Waals surface area contributed by atoms with E-state index in [0.29, 0.717) is 13.0 Å². The largest absolute Gasteiger partial charge is 0.374 e. The number of hydrogen-bond acceptors (Lipinski definition) is 1. The van der Waals surface area contributed by atoms with E-state index in [2.05, 4.69) is 0 Å². The number of hydrogen-bond donors (Lipinski definition) is 0. The molecule has 1 atom stereocenters. The summed E-state index contributed by atoms with van der Waals surface area (Å²) in [7, 11) is 0. The zero-order valence-corrected chi connectivity index (χ0v) is 7.87. The lowest BCUT2D eigenvalue weighted by molar-refractivity contribution is 0.0434. The standard InChI is InChI=1S/C11H15FO/c1-10(7-8-12)13-9-11-5-3-2-4-6-11/h2-6,10H,7-9H2,1H3. The Morgan fingerprint density at radius 3 is 2.62 bits per heavy atom. The zero-order chi connectivity index (χ0) is 9.52. The Labute approximate surface area is 78.5 Å². The second-order valence-electron chi connectivity index (χ2n) is 3.08. The summed E-state index contributed by atoms with van der Waals surface area (Å²) >= 11 is 0. The topological polar surface area (TPSA) is 9.23 Å². The maximum atomic E-state index is 11.9. The van der Waals surface area contributed by atoms with E-state index in [1.54, 1.807) is 0 Å². The third kappa shape index (κ3) is 4.04. The van der Waals surface area contributed by atoms with Gasteiger partial charge in [0, 0.05) is 6.42 Å². The first-order valence-corrected chi connectivity index (χ1v) is 4.54. The SMILES string of the molecule is CC(CCF)OCc1ccccc1. The highest BCUT2D eigenvalue weighted by Crippen LogP contribution is 2.05. The quantitative estimate of drug-likeness (QED) is 0.680. The third-order valence-corrected chi connectivity index (χ3v) is 1.89. The molecule has 0 aliphatic carbocycles. The van der Waals surface area contributed by atoms with Crippen molar-refractivity contribution in [3.63, 3.8) is 0 Å². The number of ether oxygens (including phenoxy) is 1.